The zero-order valence-corrected chi connectivity index (χ0v) is 10.7. The van der Waals surface area contributed by atoms with Gasteiger partial charge in [-0.05, 0) is 19.8 Å². The molecule has 2 amide bonds. The highest BCUT2D eigenvalue weighted by Gasteiger charge is 2.50. The highest BCUT2D eigenvalue weighted by molar-refractivity contribution is 6.05. The number of imide groups is 1. The summed E-state index contributed by atoms with van der Waals surface area (Å²) in [5.74, 6) is -0.478. The van der Waals surface area contributed by atoms with Gasteiger partial charge < -0.3 is 10.2 Å². The Kier molecular flexibility index (Phi) is 3.94. The Morgan fingerprint density at radius 1 is 1.35 bits per heavy atom. The smallest absolute Gasteiger partial charge is 0.235 e. The third kappa shape index (κ3) is 2.50. The van der Waals surface area contributed by atoms with E-state index >= 15 is 0 Å². The van der Waals surface area contributed by atoms with Gasteiger partial charge in [0.1, 0.15) is 5.60 Å². The first-order chi connectivity index (χ1) is 7.82. The molecule has 17 heavy (non-hydrogen) atoms. The standard InChI is InChI=1S/C12H21NO4/c1-4-12(5-2)6-9(15)13(10(12)16)7-11(3,17)8-14/h14,17H,4-8H2,1-3H3. The normalized spacial score (nSPS) is 23.0. The molecule has 0 radical (unpaired) electrons. The number of aliphatic hydroxyl groups is 2. The number of β-amino-alcohol motifs (C(OH)–C–C–N with tert-alkyl or cyclic N) is 1. The van der Waals surface area contributed by atoms with Crippen molar-refractivity contribution in [3.8, 4) is 0 Å². The molecule has 0 aromatic carbocycles. The Balaban J connectivity index is 2.90. The second kappa shape index (κ2) is 4.74. The van der Waals surface area contributed by atoms with Crippen molar-refractivity contribution in [3.63, 3.8) is 0 Å². The van der Waals surface area contributed by atoms with Crippen LogP contribution in [0.1, 0.15) is 40.0 Å². The molecule has 5 heteroatoms. The van der Waals surface area contributed by atoms with Crippen LogP contribution in [0.2, 0.25) is 0 Å². The summed E-state index contributed by atoms with van der Waals surface area (Å²) in [4.78, 5) is 25.1. The predicted octanol–water partition coefficient (Wildman–Crippen LogP) is 0.295. The monoisotopic (exact) mass is 243 g/mol. The summed E-state index contributed by atoms with van der Waals surface area (Å²) in [6.45, 7) is 4.58. The van der Waals surface area contributed by atoms with Crippen LogP contribution in [0.15, 0.2) is 0 Å². The van der Waals surface area contributed by atoms with E-state index in [0.29, 0.717) is 12.8 Å². The first kappa shape index (κ1) is 14.1. The van der Waals surface area contributed by atoms with E-state index in [0.717, 1.165) is 4.90 Å². The summed E-state index contributed by atoms with van der Waals surface area (Å²) < 4.78 is 0. The van der Waals surface area contributed by atoms with Crippen LogP contribution >= 0.6 is 0 Å². The number of nitrogens with zero attached hydrogens (tertiary/aromatic N) is 1. The molecule has 1 aliphatic heterocycles. The van der Waals surface area contributed by atoms with Crippen LogP contribution in [-0.2, 0) is 9.59 Å². The van der Waals surface area contributed by atoms with E-state index in [9.17, 15) is 14.7 Å². The van der Waals surface area contributed by atoms with Gasteiger partial charge in [-0.2, -0.15) is 0 Å². The number of amides is 2. The Labute approximate surface area is 101 Å². The van der Waals surface area contributed by atoms with Gasteiger partial charge in [-0.3, -0.25) is 14.5 Å². The molecule has 1 rings (SSSR count). The molecule has 98 valence electrons. The molecule has 1 aliphatic rings. The van der Waals surface area contributed by atoms with Crippen LogP contribution in [0, 0.1) is 5.41 Å². The summed E-state index contributed by atoms with van der Waals surface area (Å²) in [5, 5.41) is 18.7. The van der Waals surface area contributed by atoms with Gasteiger partial charge >= 0.3 is 0 Å². The second-order valence-electron chi connectivity index (χ2n) is 5.10. The largest absolute Gasteiger partial charge is 0.393 e. The highest BCUT2D eigenvalue weighted by atomic mass is 16.3. The summed E-state index contributed by atoms with van der Waals surface area (Å²) in [7, 11) is 0. The summed E-state index contributed by atoms with van der Waals surface area (Å²) in [6, 6.07) is 0. The number of rotatable bonds is 5. The Hall–Kier alpha value is -0.940. The average molecular weight is 243 g/mol. The van der Waals surface area contributed by atoms with E-state index in [4.69, 9.17) is 5.11 Å². The number of hydrogen-bond donors (Lipinski definition) is 2. The number of carbonyl (C=O) groups is 2. The van der Waals surface area contributed by atoms with Gasteiger partial charge in [0.25, 0.3) is 0 Å². The average Bonchev–Trinajstić information content (AvgIpc) is 2.53. The van der Waals surface area contributed by atoms with E-state index in [2.05, 4.69) is 0 Å². The van der Waals surface area contributed by atoms with Crippen LogP contribution in [0.3, 0.4) is 0 Å². The minimum absolute atomic E-state index is 0.136. The number of likely N-dealkylation sites (tertiary alicyclic amines) is 1. The van der Waals surface area contributed by atoms with Crippen molar-refractivity contribution in [1.82, 2.24) is 4.90 Å². The molecule has 0 spiro atoms. The molecule has 1 fully saturated rings. The van der Waals surface area contributed by atoms with E-state index in [-0.39, 0.29) is 24.8 Å². The molecule has 0 aromatic heterocycles. The van der Waals surface area contributed by atoms with Gasteiger partial charge in [-0.1, -0.05) is 13.8 Å². The lowest BCUT2D eigenvalue weighted by Gasteiger charge is -2.28. The third-order valence-corrected chi connectivity index (χ3v) is 3.68. The molecule has 0 aliphatic carbocycles. The Morgan fingerprint density at radius 3 is 2.24 bits per heavy atom. The van der Waals surface area contributed by atoms with Crippen molar-refractivity contribution in [2.75, 3.05) is 13.2 Å². The predicted molar refractivity (Wildman–Crippen MR) is 62.1 cm³/mol. The first-order valence-electron chi connectivity index (χ1n) is 6.00. The summed E-state index contributed by atoms with van der Waals surface area (Å²) >= 11 is 0. The molecule has 0 aromatic rings. The molecular formula is C12H21NO4. The van der Waals surface area contributed by atoms with Gasteiger partial charge in [0.2, 0.25) is 11.8 Å². The molecule has 5 nitrogen and oxygen atoms in total. The zero-order valence-electron chi connectivity index (χ0n) is 10.7. The van der Waals surface area contributed by atoms with Gasteiger partial charge in [-0.25, -0.2) is 0 Å². The van der Waals surface area contributed by atoms with Crippen molar-refractivity contribution in [2.45, 2.75) is 45.6 Å². The molecule has 0 saturated carbocycles. The SMILES string of the molecule is CCC1(CC)CC(=O)N(CC(C)(O)CO)C1=O. The first-order valence-corrected chi connectivity index (χ1v) is 6.00. The van der Waals surface area contributed by atoms with E-state index in [1.54, 1.807) is 0 Å². The van der Waals surface area contributed by atoms with Crippen LogP contribution in [-0.4, -0.2) is 45.7 Å². The lowest BCUT2D eigenvalue weighted by atomic mass is 9.81. The topological polar surface area (TPSA) is 77.8 Å². The van der Waals surface area contributed by atoms with Gasteiger partial charge in [0.05, 0.1) is 18.6 Å². The van der Waals surface area contributed by atoms with Crippen molar-refractivity contribution in [2.24, 2.45) is 5.41 Å². The summed E-state index contributed by atoms with van der Waals surface area (Å²) in [5.41, 5.74) is -2.04. The van der Waals surface area contributed by atoms with Gasteiger partial charge in [0.15, 0.2) is 0 Å². The fourth-order valence-corrected chi connectivity index (χ4v) is 2.21. The van der Waals surface area contributed by atoms with E-state index in [1.165, 1.54) is 6.92 Å². The maximum atomic E-state index is 12.2. The van der Waals surface area contributed by atoms with Gasteiger partial charge in [-0.15, -0.1) is 0 Å². The third-order valence-electron chi connectivity index (χ3n) is 3.68. The van der Waals surface area contributed by atoms with Crippen molar-refractivity contribution in [3.05, 3.63) is 0 Å². The fourth-order valence-electron chi connectivity index (χ4n) is 2.21. The molecule has 1 saturated heterocycles. The minimum atomic E-state index is -1.43. The molecule has 2 N–H and O–H groups in total. The summed E-state index contributed by atoms with van der Waals surface area (Å²) in [6.07, 6.45) is 1.44. The highest BCUT2D eigenvalue weighted by Crippen LogP contribution is 2.39. The molecule has 1 unspecified atom stereocenters. The zero-order chi connectivity index (χ0) is 13.3. The Morgan fingerprint density at radius 2 is 1.88 bits per heavy atom. The number of hydrogen-bond acceptors (Lipinski definition) is 4. The van der Waals surface area contributed by atoms with Crippen molar-refractivity contribution in [1.29, 1.82) is 0 Å². The fraction of sp³-hybridized carbons (Fsp3) is 0.833. The number of aliphatic hydroxyl groups excluding tert-OH is 1. The van der Waals surface area contributed by atoms with E-state index < -0.39 is 17.6 Å². The molecule has 1 atom stereocenters. The lowest BCUT2D eigenvalue weighted by molar-refractivity contribution is -0.146. The van der Waals surface area contributed by atoms with Crippen LogP contribution in [0.4, 0.5) is 0 Å². The molecule has 1 heterocycles. The minimum Gasteiger partial charge on any atom is -0.393 e. The van der Waals surface area contributed by atoms with Crippen LogP contribution < -0.4 is 0 Å². The maximum absolute atomic E-state index is 12.2. The maximum Gasteiger partial charge on any atom is 0.235 e. The second-order valence-corrected chi connectivity index (χ2v) is 5.10. The Bertz CT molecular complexity index is 320. The van der Waals surface area contributed by atoms with Crippen LogP contribution in [0.25, 0.3) is 0 Å². The quantitative estimate of drug-likeness (QED) is 0.681. The molecule has 0 bridgehead atoms. The van der Waals surface area contributed by atoms with E-state index in [1.807, 2.05) is 13.8 Å². The van der Waals surface area contributed by atoms with Crippen molar-refractivity contribution < 1.29 is 19.8 Å². The number of carbonyl (C=O) groups excluding carboxylic acids is 2. The lowest BCUT2D eigenvalue weighted by Crippen LogP contribution is -2.47. The van der Waals surface area contributed by atoms with Crippen LogP contribution in [0.5, 0.6) is 0 Å². The van der Waals surface area contributed by atoms with Gasteiger partial charge in [0, 0.05) is 6.42 Å². The van der Waals surface area contributed by atoms with Crippen molar-refractivity contribution >= 4 is 11.8 Å². The molecular weight excluding hydrogens is 222 g/mol.